The number of hydrogen-bond acceptors (Lipinski definition) is 7. The van der Waals surface area contributed by atoms with E-state index in [1.165, 1.54) is 12.1 Å². The lowest BCUT2D eigenvalue weighted by atomic mass is 10.3. The highest BCUT2D eigenvalue weighted by Crippen LogP contribution is 2.23. The Morgan fingerprint density at radius 2 is 2.00 bits per heavy atom. The highest BCUT2D eigenvalue weighted by Gasteiger charge is 2.26. The lowest BCUT2D eigenvalue weighted by Crippen LogP contribution is -2.17. The van der Waals surface area contributed by atoms with Gasteiger partial charge in [-0.1, -0.05) is 17.8 Å². The molecule has 0 saturated carbocycles. The lowest BCUT2D eigenvalue weighted by Gasteiger charge is -2.02. The third-order valence-corrected chi connectivity index (χ3v) is 2.66. The molecule has 0 radical (unpaired) electrons. The van der Waals surface area contributed by atoms with Gasteiger partial charge in [-0.25, -0.2) is 0 Å². The average Bonchev–Trinajstić information content (AvgIpc) is 2.17. The number of rotatable bonds is 4. The molecule has 0 fully saturated rings. The monoisotopic (exact) mass is 234 g/mol. The summed E-state index contributed by atoms with van der Waals surface area (Å²) in [5.74, 6) is 0. The number of benzene rings is 1. The summed E-state index contributed by atoms with van der Waals surface area (Å²) < 4.78 is 26.2. The smallest absolute Gasteiger partial charge is 0.291 e. The Balaban J connectivity index is 3.31. The summed E-state index contributed by atoms with van der Waals surface area (Å²) >= 11 is 0. The quantitative estimate of drug-likeness (QED) is 0.563. The van der Waals surface area contributed by atoms with Gasteiger partial charge in [0.2, 0.25) is 0 Å². The van der Waals surface area contributed by atoms with Crippen molar-refractivity contribution >= 4 is 15.8 Å². The highest BCUT2D eigenvalue weighted by atomic mass is 32.2. The molecule has 0 aromatic heterocycles. The van der Waals surface area contributed by atoms with Crippen molar-refractivity contribution in [2.45, 2.75) is 4.90 Å². The van der Waals surface area contributed by atoms with Gasteiger partial charge in [0.05, 0.1) is 4.92 Å². The molecule has 8 nitrogen and oxygen atoms in total. The molecule has 0 heterocycles. The van der Waals surface area contributed by atoms with Crippen LogP contribution in [-0.4, -0.2) is 18.5 Å². The van der Waals surface area contributed by atoms with Crippen LogP contribution in [0.1, 0.15) is 0 Å². The number of para-hydroxylation sites is 1. The molecule has 1 rings (SSSR count). The van der Waals surface area contributed by atoms with E-state index in [4.69, 9.17) is 5.21 Å². The Labute approximate surface area is 84.3 Å². The molecule has 0 unspecified atom stereocenters. The van der Waals surface area contributed by atoms with Crippen LogP contribution in [0.3, 0.4) is 0 Å². The summed E-state index contributed by atoms with van der Waals surface area (Å²) in [6.45, 7) is 0. The van der Waals surface area contributed by atoms with E-state index in [2.05, 4.69) is 4.28 Å². The second-order valence-electron chi connectivity index (χ2n) is 2.35. The van der Waals surface area contributed by atoms with Crippen LogP contribution in [0, 0.1) is 10.1 Å². The van der Waals surface area contributed by atoms with E-state index in [1.807, 2.05) is 0 Å². The first-order valence-electron chi connectivity index (χ1n) is 3.55. The van der Waals surface area contributed by atoms with E-state index in [0.717, 1.165) is 17.8 Å². The second kappa shape index (κ2) is 4.31. The molecule has 1 aromatic rings. The maximum absolute atomic E-state index is 11.2. The van der Waals surface area contributed by atoms with Crippen molar-refractivity contribution in [3.05, 3.63) is 34.4 Å². The zero-order chi connectivity index (χ0) is 11.5. The zero-order valence-corrected chi connectivity index (χ0v) is 7.97. The van der Waals surface area contributed by atoms with Crippen molar-refractivity contribution in [2.24, 2.45) is 0 Å². The van der Waals surface area contributed by atoms with Crippen molar-refractivity contribution in [2.75, 3.05) is 0 Å². The Kier molecular flexibility index (Phi) is 3.31. The van der Waals surface area contributed by atoms with Gasteiger partial charge in [0.1, 0.15) is 0 Å². The minimum absolute atomic E-state index is 0.632. The highest BCUT2D eigenvalue weighted by molar-refractivity contribution is 7.86. The van der Waals surface area contributed by atoms with Crippen LogP contribution in [0.25, 0.3) is 0 Å². The molecule has 0 aliphatic heterocycles. The van der Waals surface area contributed by atoms with Gasteiger partial charge in [-0.2, -0.15) is 8.42 Å². The zero-order valence-electron chi connectivity index (χ0n) is 7.15. The van der Waals surface area contributed by atoms with Crippen LogP contribution >= 0.6 is 0 Å². The van der Waals surface area contributed by atoms with Crippen LogP contribution in [-0.2, 0) is 14.4 Å². The van der Waals surface area contributed by atoms with Gasteiger partial charge in [0.15, 0.2) is 4.90 Å². The van der Waals surface area contributed by atoms with E-state index in [-0.39, 0.29) is 0 Å². The van der Waals surface area contributed by atoms with E-state index in [0.29, 0.717) is 0 Å². The van der Waals surface area contributed by atoms with Crippen LogP contribution in [0.5, 0.6) is 0 Å². The number of hydrogen-bond donors (Lipinski definition) is 2. The number of nitrogens with one attached hydrogen (secondary N) is 1. The SMILES string of the molecule is O=[N+]([O-])c1ccccc1S(=O)(=O)ONO. The molecule has 0 amide bonds. The predicted molar refractivity (Wildman–Crippen MR) is 46.3 cm³/mol. The first kappa shape index (κ1) is 11.5. The molecule has 0 atom stereocenters. The minimum Gasteiger partial charge on any atom is -0.291 e. The molecular formula is C6H6N2O6S. The van der Waals surface area contributed by atoms with E-state index in [9.17, 15) is 18.5 Å². The summed E-state index contributed by atoms with van der Waals surface area (Å²) in [5.41, 5.74) is 0.330. The van der Waals surface area contributed by atoms with Gasteiger partial charge in [0, 0.05) is 6.07 Å². The standard InChI is InChI=1S/C6H6N2O6S/c9-7-14-15(12,13)6-4-2-1-3-5(6)8(10)11/h1-4,7,9H. The first-order valence-corrected chi connectivity index (χ1v) is 4.96. The molecule has 0 spiro atoms. The maximum Gasteiger partial charge on any atom is 0.321 e. The molecule has 0 saturated heterocycles. The molecule has 0 bridgehead atoms. The van der Waals surface area contributed by atoms with Crippen molar-refractivity contribution < 1.29 is 22.8 Å². The summed E-state index contributed by atoms with van der Waals surface area (Å²) in [7, 11) is -4.39. The number of nitrogens with zero attached hydrogens (tertiary/aromatic N) is 1. The Bertz CT molecular complexity index is 470. The fourth-order valence-corrected chi connectivity index (χ4v) is 1.75. The third-order valence-electron chi connectivity index (χ3n) is 1.48. The summed E-state index contributed by atoms with van der Waals surface area (Å²) in [6.07, 6.45) is 0. The molecule has 2 N–H and O–H groups in total. The van der Waals surface area contributed by atoms with Crippen molar-refractivity contribution in [1.29, 1.82) is 0 Å². The van der Waals surface area contributed by atoms with Crippen LogP contribution in [0.4, 0.5) is 5.69 Å². The van der Waals surface area contributed by atoms with Crippen LogP contribution in [0.2, 0.25) is 0 Å². The number of nitro groups is 1. The molecule has 0 aliphatic rings. The van der Waals surface area contributed by atoms with Gasteiger partial charge in [-0.3, -0.25) is 15.3 Å². The fourth-order valence-electron chi connectivity index (χ4n) is 0.913. The molecule has 1 aromatic carbocycles. The summed E-state index contributed by atoms with van der Waals surface area (Å²) in [5, 5.41) is 18.5. The van der Waals surface area contributed by atoms with Gasteiger partial charge in [-0.15, -0.1) is 4.28 Å². The van der Waals surface area contributed by atoms with Crippen LogP contribution < -0.4 is 5.64 Å². The van der Waals surface area contributed by atoms with Crippen molar-refractivity contribution in [3.8, 4) is 0 Å². The molecule has 0 aliphatic carbocycles. The van der Waals surface area contributed by atoms with Gasteiger partial charge in [0.25, 0.3) is 5.69 Å². The molecule has 9 heteroatoms. The molecule has 82 valence electrons. The largest absolute Gasteiger partial charge is 0.321 e. The van der Waals surface area contributed by atoms with E-state index < -0.39 is 25.6 Å². The minimum atomic E-state index is -4.39. The lowest BCUT2D eigenvalue weighted by molar-refractivity contribution is -0.387. The van der Waals surface area contributed by atoms with E-state index in [1.54, 1.807) is 0 Å². The average molecular weight is 234 g/mol. The topological polar surface area (TPSA) is 119 Å². The van der Waals surface area contributed by atoms with Gasteiger partial charge in [-0.05, 0) is 6.07 Å². The summed E-state index contributed by atoms with van der Waals surface area (Å²) in [6, 6.07) is 4.60. The molecular weight excluding hydrogens is 228 g/mol. The van der Waals surface area contributed by atoms with Gasteiger partial charge >= 0.3 is 10.1 Å². The normalized spacial score (nSPS) is 11.3. The Morgan fingerprint density at radius 3 is 2.53 bits per heavy atom. The number of nitro benzene ring substituents is 1. The summed E-state index contributed by atoms with van der Waals surface area (Å²) in [4.78, 5) is 8.97. The fraction of sp³-hybridized carbons (Fsp3) is 0. The second-order valence-corrected chi connectivity index (χ2v) is 3.87. The maximum atomic E-state index is 11.2. The third kappa shape index (κ3) is 2.47. The van der Waals surface area contributed by atoms with Crippen molar-refractivity contribution in [3.63, 3.8) is 0 Å². The Morgan fingerprint density at radius 1 is 1.40 bits per heavy atom. The Hall–Kier alpha value is -1.55. The van der Waals surface area contributed by atoms with Gasteiger partial charge < -0.3 is 0 Å². The van der Waals surface area contributed by atoms with E-state index >= 15 is 0 Å². The van der Waals surface area contributed by atoms with Crippen LogP contribution in [0.15, 0.2) is 29.2 Å². The predicted octanol–water partition coefficient (Wildman–Crippen LogP) is 0.194. The first-order chi connectivity index (χ1) is 6.99. The molecule has 15 heavy (non-hydrogen) atoms. The van der Waals surface area contributed by atoms with Crippen molar-refractivity contribution in [1.82, 2.24) is 5.64 Å².